The topological polar surface area (TPSA) is 101 Å². The molecule has 7 heteroatoms. The lowest BCUT2D eigenvalue weighted by Crippen LogP contribution is -2.42. The minimum atomic E-state index is -0.775. The van der Waals surface area contributed by atoms with Gasteiger partial charge in [-0.15, -0.1) is 0 Å². The number of hydrogen-bond acceptors (Lipinski definition) is 4. The molecule has 0 aromatic heterocycles. The van der Waals surface area contributed by atoms with E-state index in [9.17, 15) is 14.4 Å². The number of unbranched alkanes of at least 4 members (excludes halogenated alkanes) is 3. The second kappa shape index (κ2) is 10.7. The van der Waals surface area contributed by atoms with E-state index < -0.39 is 17.9 Å². The predicted molar refractivity (Wildman–Crippen MR) is 96.0 cm³/mol. The highest BCUT2D eigenvalue weighted by Gasteiger charge is 2.18. The zero-order chi connectivity index (χ0) is 17.9. The second-order valence-electron chi connectivity index (χ2n) is 5.47. The van der Waals surface area contributed by atoms with Crippen LogP contribution in [0.5, 0.6) is 0 Å². The van der Waals surface area contributed by atoms with Gasteiger partial charge in [0.25, 0.3) is 11.1 Å². The molecule has 1 aromatic rings. The van der Waals surface area contributed by atoms with Crippen LogP contribution >= 0.6 is 11.8 Å². The van der Waals surface area contributed by atoms with Gasteiger partial charge in [-0.3, -0.25) is 14.4 Å². The molecule has 0 radical (unpaired) electrons. The first-order chi connectivity index (χ1) is 11.5. The van der Waals surface area contributed by atoms with Crippen molar-refractivity contribution in [1.29, 1.82) is 0 Å². The maximum Gasteiger partial charge on any atom is 0.283 e. The van der Waals surface area contributed by atoms with Crippen molar-refractivity contribution in [2.24, 2.45) is 5.73 Å². The molecule has 0 spiro atoms. The summed E-state index contributed by atoms with van der Waals surface area (Å²) in [5.74, 6) is -1.04. The van der Waals surface area contributed by atoms with Crippen molar-refractivity contribution in [3.63, 3.8) is 0 Å². The molecular weight excluding hydrogens is 326 g/mol. The van der Waals surface area contributed by atoms with Gasteiger partial charge in [-0.1, -0.05) is 38.3 Å². The fourth-order valence-electron chi connectivity index (χ4n) is 1.97. The molecule has 24 heavy (non-hydrogen) atoms. The number of carbonyl (C=O) groups is 3. The fourth-order valence-corrected chi connectivity index (χ4v) is 2.76. The van der Waals surface area contributed by atoms with E-state index in [0.29, 0.717) is 17.0 Å². The summed E-state index contributed by atoms with van der Waals surface area (Å²) in [4.78, 5) is 35.8. The number of hydrogen-bond donors (Lipinski definition) is 3. The van der Waals surface area contributed by atoms with Crippen LogP contribution in [0.25, 0.3) is 0 Å². The number of thioether (sulfide) groups is 1. The monoisotopic (exact) mass is 351 g/mol. The van der Waals surface area contributed by atoms with Crippen LogP contribution in [0.1, 0.15) is 49.9 Å². The van der Waals surface area contributed by atoms with E-state index in [1.165, 1.54) is 6.92 Å². The first-order valence-electron chi connectivity index (χ1n) is 8.10. The van der Waals surface area contributed by atoms with Crippen molar-refractivity contribution in [2.45, 2.75) is 50.5 Å². The van der Waals surface area contributed by atoms with Gasteiger partial charge in [-0.2, -0.15) is 0 Å². The van der Waals surface area contributed by atoms with Crippen molar-refractivity contribution < 1.29 is 14.4 Å². The Kier molecular flexibility index (Phi) is 8.93. The molecule has 0 saturated carbocycles. The van der Waals surface area contributed by atoms with Crippen LogP contribution in [-0.2, 0) is 4.79 Å². The summed E-state index contributed by atoms with van der Waals surface area (Å²) >= 11 is 0.971. The van der Waals surface area contributed by atoms with Gasteiger partial charge in [0.15, 0.2) is 0 Å². The third kappa shape index (κ3) is 7.04. The largest absolute Gasteiger partial charge is 0.368 e. The Morgan fingerprint density at radius 3 is 2.54 bits per heavy atom. The predicted octanol–water partition coefficient (Wildman–Crippen LogP) is 2.67. The van der Waals surface area contributed by atoms with E-state index in [1.807, 2.05) is 0 Å². The quantitative estimate of drug-likeness (QED) is 0.470. The molecular formula is C17H25N3O3S. The van der Waals surface area contributed by atoms with Crippen LogP contribution in [-0.4, -0.2) is 29.6 Å². The van der Waals surface area contributed by atoms with E-state index >= 15 is 0 Å². The second-order valence-corrected chi connectivity index (χ2v) is 6.49. The van der Waals surface area contributed by atoms with Crippen LogP contribution in [0.2, 0.25) is 0 Å². The van der Waals surface area contributed by atoms with E-state index in [0.717, 1.165) is 37.4 Å². The molecule has 132 valence electrons. The highest BCUT2D eigenvalue weighted by Crippen LogP contribution is 2.23. The Bertz CT molecular complexity index is 578. The average Bonchev–Trinajstić information content (AvgIpc) is 2.54. The molecule has 0 aliphatic rings. The summed E-state index contributed by atoms with van der Waals surface area (Å²) in [5.41, 5.74) is 5.49. The molecule has 4 N–H and O–H groups in total. The number of nitrogens with two attached hydrogens (primary N) is 1. The molecule has 0 unspecified atom stereocenters. The number of nitrogens with one attached hydrogen (secondary N) is 2. The molecule has 3 amide bonds. The van der Waals surface area contributed by atoms with Gasteiger partial charge in [-0.05, 0) is 37.2 Å². The smallest absolute Gasteiger partial charge is 0.283 e. The van der Waals surface area contributed by atoms with E-state index in [1.54, 1.807) is 24.3 Å². The summed E-state index contributed by atoms with van der Waals surface area (Å²) in [6.07, 6.45) is 4.34. The third-order valence-corrected chi connectivity index (χ3v) is 4.31. The molecule has 0 heterocycles. The number of primary amides is 1. The van der Waals surface area contributed by atoms with E-state index in [-0.39, 0.29) is 5.24 Å². The van der Waals surface area contributed by atoms with Crippen LogP contribution in [0.15, 0.2) is 29.2 Å². The van der Waals surface area contributed by atoms with Crippen LogP contribution < -0.4 is 16.4 Å². The molecule has 0 aliphatic heterocycles. The van der Waals surface area contributed by atoms with Gasteiger partial charge < -0.3 is 16.4 Å². The van der Waals surface area contributed by atoms with Crippen molar-refractivity contribution >= 4 is 28.8 Å². The lowest BCUT2D eigenvalue weighted by molar-refractivity contribution is -0.119. The molecule has 0 saturated heterocycles. The third-order valence-electron chi connectivity index (χ3n) is 3.41. The molecule has 1 atom stereocenters. The molecule has 1 aromatic carbocycles. The number of rotatable bonds is 9. The van der Waals surface area contributed by atoms with Crippen molar-refractivity contribution in [1.82, 2.24) is 10.6 Å². The lowest BCUT2D eigenvalue weighted by Gasteiger charge is -2.12. The summed E-state index contributed by atoms with van der Waals surface area (Å²) < 4.78 is 0. The SMILES string of the molecule is CCCCCCNC(=O)Sc1ccccc1C(=O)N[C@H](C)C(N)=O. The van der Waals surface area contributed by atoms with E-state index in [4.69, 9.17) is 5.73 Å². The van der Waals surface area contributed by atoms with Crippen LogP contribution in [0.4, 0.5) is 4.79 Å². The van der Waals surface area contributed by atoms with Crippen molar-refractivity contribution in [3.05, 3.63) is 29.8 Å². The maximum absolute atomic E-state index is 12.2. The lowest BCUT2D eigenvalue weighted by atomic mass is 10.2. The first-order valence-corrected chi connectivity index (χ1v) is 8.92. The standard InChI is InChI=1S/C17H25N3O3S/c1-3-4-5-8-11-19-17(23)24-14-10-7-6-9-13(14)16(22)20-12(2)15(18)21/h6-7,9-10,12H,3-5,8,11H2,1-2H3,(H2,18,21)(H,19,23)(H,20,22)/t12-/m1/s1. The number of carbonyl (C=O) groups excluding carboxylic acids is 3. The minimum absolute atomic E-state index is 0.199. The zero-order valence-corrected chi connectivity index (χ0v) is 14.9. The van der Waals surface area contributed by atoms with Crippen molar-refractivity contribution in [3.8, 4) is 0 Å². The normalized spacial score (nSPS) is 11.6. The summed E-state index contributed by atoms with van der Waals surface area (Å²) in [6.45, 7) is 4.27. The van der Waals surface area contributed by atoms with Gasteiger partial charge in [-0.25, -0.2) is 0 Å². The Hall–Kier alpha value is -2.02. The Labute approximate surface area is 146 Å². The van der Waals surface area contributed by atoms with Gasteiger partial charge >= 0.3 is 0 Å². The van der Waals surface area contributed by atoms with Gasteiger partial charge in [0, 0.05) is 11.4 Å². The first kappa shape index (κ1) is 20.0. The summed E-state index contributed by atoms with van der Waals surface area (Å²) in [5, 5.41) is 5.15. The van der Waals surface area contributed by atoms with Gasteiger partial charge in [0.05, 0.1) is 5.56 Å². The van der Waals surface area contributed by atoms with Crippen LogP contribution in [0.3, 0.4) is 0 Å². The highest BCUT2D eigenvalue weighted by molar-refractivity contribution is 8.13. The van der Waals surface area contributed by atoms with E-state index in [2.05, 4.69) is 17.6 Å². The average molecular weight is 351 g/mol. The highest BCUT2D eigenvalue weighted by atomic mass is 32.2. The minimum Gasteiger partial charge on any atom is -0.368 e. The number of benzene rings is 1. The maximum atomic E-state index is 12.2. The summed E-state index contributed by atoms with van der Waals surface area (Å²) in [7, 11) is 0. The molecule has 0 fully saturated rings. The Morgan fingerprint density at radius 1 is 1.17 bits per heavy atom. The summed E-state index contributed by atoms with van der Waals surface area (Å²) in [6, 6.07) is 6.00. The molecule has 0 bridgehead atoms. The van der Waals surface area contributed by atoms with Gasteiger partial charge in [0.1, 0.15) is 6.04 Å². The zero-order valence-electron chi connectivity index (χ0n) is 14.1. The van der Waals surface area contributed by atoms with Crippen LogP contribution in [0, 0.1) is 0 Å². The number of amides is 3. The Morgan fingerprint density at radius 2 is 1.88 bits per heavy atom. The molecule has 0 aliphatic carbocycles. The fraction of sp³-hybridized carbons (Fsp3) is 0.471. The van der Waals surface area contributed by atoms with Gasteiger partial charge in [0.2, 0.25) is 5.91 Å². The molecule has 6 nitrogen and oxygen atoms in total. The Balaban J connectivity index is 2.61. The molecule has 1 rings (SSSR count). The van der Waals surface area contributed by atoms with Crippen molar-refractivity contribution in [2.75, 3.05) is 6.54 Å².